The summed E-state index contributed by atoms with van der Waals surface area (Å²) in [5.41, 5.74) is 1.97. The molecule has 1 N–H and O–H groups in total. The Morgan fingerprint density at radius 3 is 2.64 bits per heavy atom. The van der Waals surface area contributed by atoms with E-state index in [0.29, 0.717) is 26.1 Å². The molecule has 0 radical (unpaired) electrons. The summed E-state index contributed by atoms with van der Waals surface area (Å²) < 4.78 is 10.7. The van der Waals surface area contributed by atoms with E-state index < -0.39 is 5.97 Å². The summed E-state index contributed by atoms with van der Waals surface area (Å²) in [4.78, 5) is 37.2. The lowest BCUT2D eigenvalue weighted by molar-refractivity contribution is -0.141. The minimum absolute atomic E-state index is 0.113. The molecule has 1 saturated heterocycles. The molecule has 2 atom stereocenters. The maximum atomic E-state index is 12.5. The van der Waals surface area contributed by atoms with Gasteiger partial charge in [0, 0.05) is 31.6 Å². The monoisotopic (exact) mass is 391 g/mol. The molecule has 0 aromatic carbocycles. The number of ether oxygens (including phenoxy) is 2. The van der Waals surface area contributed by atoms with E-state index in [1.165, 1.54) is 0 Å². The molecule has 154 valence electrons. The van der Waals surface area contributed by atoms with E-state index in [4.69, 9.17) is 14.5 Å². The van der Waals surface area contributed by atoms with E-state index in [9.17, 15) is 9.59 Å². The number of hydrogen-bond donors (Lipinski definition) is 1. The van der Waals surface area contributed by atoms with Crippen LogP contribution in [-0.2, 0) is 27.2 Å². The molecule has 0 aliphatic carbocycles. The minimum atomic E-state index is -0.441. The van der Waals surface area contributed by atoms with Gasteiger partial charge in [0.15, 0.2) is 0 Å². The third kappa shape index (κ3) is 4.70. The topological polar surface area (TPSA) is 96.9 Å². The molecule has 2 aliphatic rings. The van der Waals surface area contributed by atoms with Crippen LogP contribution in [0.15, 0.2) is 0 Å². The Bertz CT molecular complexity index is 731. The molecule has 3 rings (SSSR count). The summed E-state index contributed by atoms with van der Waals surface area (Å²) in [6.07, 6.45) is 0.887. The summed E-state index contributed by atoms with van der Waals surface area (Å²) >= 11 is 0. The maximum absolute atomic E-state index is 12.5. The van der Waals surface area contributed by atoms with Crippen LogP contribution < -0.4 is 10.2 Å². The van der Waals surface area contributed by atoms with Crippen LogP contribution in [0.5, 0.6) is 0 Å². The standard InChI is InChI=1S/C19H29N5O4/c1-5-27-17(25)8-20-19(26)23-7-6-16-15(11-23)18(22-14(4)21-16)24-9-12(2)28-13(3)10-24/h12-13H,5-11H2,1-4H3,(H,20,26). The van der Waals surface area contributed by atoms with Crippen LogP contribution in [0.4, 0.5) is 10.6 Å². The van der Waals surface area contributed by atoms with Gasteiger partial charge in [0.2, 0.25) is 0 Å². The largest absolute Gasteiger partial charge is 0.465 e. The summed E-state index contributed by atoms with van der Waals surface area (Å²) in [7, 11) is 0. The molecular weight excluding hydrogens is 362 g/mol. The van der Waals surface area contributed by atoms with Gasteiger partial charge in [-0.3, -0.25) is 4.79 Å². The fourth-order valence-corrected chi connectivity index (χ4v) is 3.77. The zero-order valence-electron chi connectivity index (χ0n) is 17.0. The van der Waals surface area contributed by atoms with Crippen LogP contribution in [0.3, 0.4) is 0 Å². The second-order valence-electron chi connectivity index (χ2n) is 7.32. The molecule has 2 unspecified atom stereocenters. The summed E-state index contributed by atoms with van der Waals surface area (Å²) in [5, 5.41) is 2.63. The third-order valence-electron chi connectivity index (χ3n) is 4.85. The Hall–Kier alpha value is -2.42. The van der Waals surface area contributed by atoms with Crippen molar-refractivity contribution in [1.82, 2.24) is 20.2 Å². The normalized spacial score (nSPS) is 21.9. The Kier molecular flexibility index (Phi) is 6.33. The van der Waals surface area contributed by atoms with Crippen molar-refractivity contribution in [2.75, 3.05) is 37.7 Å². The van der Waals surface area contributed by atoms with Gasteiger partial charge in [-0.25, -0.2) is 14.8 Å². The average molecular weight is 391 g/mol. The molecule has 2 aliphatic heterocycles. The smallest absolute Gasteiger partial charge is 0.325 e. The summed E-state index contributed by atoms with van der Waals surface area (Å²) in [5.74, 6) is 1.18. The molecule has 1 aromatic rings. The zero-order valence-corrected chi connectivity index (χ0v) is 17.0. The van der Waals surface area contributed by atoms with Crippen molar-refractivity contribution < 1.29 is 19.1 Å². The summed E-state index contributed by atoms with van der Waals surface area (Å²) in [6, 6.07) is -0.283. The lowest BCUT2D eigenvalue weighted by Crippen LogP contribution is -2.48. The van der Waals surface area contributed by atoms with Gasteiger partial charge >= 0.3 is 12.0 Å². The first-order valence-electron chi connectivity index (χ1n) is 9.82. The van der Waals surface area contributed by atoms with Crippen LogP contribution in [-0.4, -0.2) is 71.9 Å². The number of morpholine rings is 1. The first-order chi connectivity index (χ1) is 13.4. The molecule has 1 fully saturated rings. The third-order valence-corrected chi connectivity index (χ3v) is 4.85. The van der Waals surface area contributed by atoms with Crippen LogP contribution >= 0.6 is 0 Å². The van der Waals surface area contributed by atoms with E-state index in [-0.39, 0.29) is 24.8 Å². The molecule has 0 spiro atoms. The predicted octanol–water partition coefficient (Wildman–Crippen LogP) is 1.03. The molecular formula is C19H29N5O4. The number of esters is 1. The zero-order chi connectivity index (χ0) is 20.3. The number of carbonyl (C=O) groups is 2. The van der Waals surface area contributed by atoms with Crippen LogP contribution in [0.1, 0.15) is 37.9 Å². The molecule has 0 bridgehead atoms. The van der Waals surface area contributed by atoms with Crippen molar-refractivity contribution in [1.29, 1.82) is 0 Å². The number of amides is 2. The highest BCUT2D eigenvalue weighted by Gasteiger charge is 2.30. The van der Waals surface area contributed by atoms with E-state index in [0.717, 1.165) is 36.0 Å². The van der Waals surface area contributed by atoms with Gasteiger partial charge in [-0.2, -0.15) is 0 Å². The number of aromatic nitrogens is 2. The lowest BCUT2D eigenvalue weighted by Gasteiger charge is -2.38. The Balaban J connectivity index is 1.76. The van der Waals surface area contributed by atoms with Crippen molar-refractivity contribution in [3.05, 3.63) is 17.1 Å². The number of anilines is 1. The summed E-state index contributed by atoms with van der Waals surface area (Å²) in [6.45, 7) is 10.4. The van der Waals surface area contributed by atoms with E-state index in [1.54, 1.807) is 11.8 Å². The fraction of sp³-hybridized carbons (Fsp3) is 0.684. The van der Waals surface area contributed by atoms with Crippen molar-refractivity contribution in [2.45, 2.75) is 52.9 Å². The number of hydrogen-bond acceptors (Lipinski definition) is 7. The van der Waals surface area contributed by atoms with Crippen molar-refractivity contribution in [3.63, 3.8) is 0 Å². The number of fused-ring (bicyclic) bond motifs is 1. The van der Waals surface area contributed by atoms with Crippen LogP contribution in [0.2, 0.25) is 0 Å². The minimum Gasteiger partial charge on any atom is -0.465 e. The van der Waals surface area contributed by atoms with Crippen LogP contribution in [0, 0.1) is 6.92 Å². The lowest BCUT2D eigenvalue weighted by atomic mass is 10.0. The van der Waals surface area contributed by atoms with Crippen molar-refractivity contribution in [3.8, 4) is 0 Å². The molecule has 2 amide bonds. The van der Waals surface area contributed by atoms with Gasteiger partial charge in [-0.15, -0.1) is 0 Å². The van der Waals surface area contributed by atoms with E-state index in [2.05, 4.69) is 29.0 Å². The average Bonchev–Trinajstić information content (AvgIpc) is 2.64. The highest BCUT2D eigenvalue weighted by Crippen LogP contribution is 2.28. The van der Waals surface area contributed by atoms with Crippen molar-refractivity contribution in [2.24, 2.45) is 0 Å². The molecule has 1 aromatic heterocycles. The Labute approximate surface area is 165 Å². The highest BCUT2D eigenvalue weighted by molar-refractivity contribution is 5.81. The second-order valence-corrected chi connectivity index (χ2v) is 7.32. The Morgan fingerprint density at radius 1 is 1.25 bits per heavy atom. The number of rotatable bonds is 4. The van der Waals surface area contributed by atoms with Gasteiger partial charge in [0.25, 0.3) is 0 Å². The van der Waals surface area contributed by atoms with Gasteiger partial charge in [0.1, 0.15) is 18.2 Å². The number of carbonyl (C=O) groups excluding carboxylic acids is 2. The molecule has 9 heteroatoms. The number of nitrogens with one attached hydrogen (secondary N) is 1. The first-order valence-corrected chi connectivity index (χ1v) is 9.82. The van der Waals surface area contributed by atoms with E-state index in [1.807, 2.05) is 6.92 Å². The SMILES string of the molecule is CCOC(=O)CNC(=O)N1CCc2nc(C)nc(N3CC(C)OC(C)C3)c2C1. The predicted molar refractivity (Wildman–Crippen MR) is 103 cm³/mol. The van der Waals surface area contributed by atoms with Gasteiger partial charge in [-0.05, 0) is 27.7 Å². The number of urea groups is 1. The molecule has 9 nitrogen and oxygen atoms in total. The highest BCUT2D eigenvalue weighted by atomic mass is 16.5. The number of nitrogens with zero attached hydrogens (tertiary/aromatic N) is 4. The van der Waals surface area contributed by atoms with Crippen LogP contribution in [0.25, 0.3) is 0 Å². The Morgan fingerprint density at radius 2 is 1.96 bits per heavy atom. The molecule has 28 heavy (non-hydrogen) atoms. The van der Waals surface area contributed by atoms with Gasteiger partial charge in [0.05, 0.1) is 31.1 Å². The van der Waals surface area contributed by atoms with Gasteiger partial charge in [-0.1, -0.05) is 0 Å². The first kappa shape index (κ1) is 20.3. The van der Waals surface area contributed by atoms with Crippen molar-refractivity contribution >= 4 is 17.8 Å². The molecule has 3 heterocycles. The van der Waals surface area contributed by atoms with Gasteiger partial charge < -0.3 is 24.6 Å². The number of aryl methyl sites for hydroxylation is 1. The second kappa shape index (κ2) is 8.72. The van der Waals surface area contributed by atoms with E-state index >= 15 is 0 Å². The molecule has 0 saturated carbocycles. The quantitative estimate of drug-likeness (QED) is 0.766. The fourth-order valence-electron chi connectivity index (χ4n) is 3.77. The maximum Gasteiger partial charge on any atom is 0.325 e.